The molecule has 1 N–H and O–H groups in total. The molecule has 5 heteroatoms. The van der Waals surface area contributed by atoms with Crippen molar-refractivity contribution in [3.63, 3.8) is 0 Å². The Kier molecular flexibility index (Phi) is 5.31. The standard InChI is InChI=1S/C19H22FN3O/c20-17-8-4-5-9-18(17)22-12-14-23(15-13-22)19(24)10-11-21-16-6-2-1-3-7-16/h1-9,21H,10-15H2. The zero-order valence-electron chi connectivity index (χ0n) is 13.6. The number of piperazine rings is 1. The highest BCUT2D eigenvalue weighted by atomic mass is 19.1. The molecule has 1 heterocycles. The van der Waals surface area contributed by atoms with Crippen LogP contribution in [0.3, 0.4) is 0 Å². The molecule has 0 unspecified atom stereocenters. The fraction of sp³-hybridized carbons (Fsp3) is 0.316. The third-order valence-electron chi connectivity index (χ3n) is 4.27. The van der Waals surface area contributed by atoms with Crippen LogP contribution >= 0.6 is 0 Å². The predicted octanol–water partition coefficient (Wildman–Crippen LogP) is 2.98. The largest absolute Gasteiger partial charge is 0.385 e. The van der Waals surface area contributed by atoms with Gasteiger partial charge in [0.25, 0.3) is 0 Å². The second-order valence-electron chi connectivity index (χ2n) is 5.86. The van der Waals surface area contributed by atoms with Crippen molar-refractivity contribution in [2.75, 3.05) is 42.9 Å². The molecule has 2 aromatic carbocycles. The molecule has 2 aromatic rings. The maximum Gasteiger partial charge on any atom is 0.224 e. The average Bonchev–Trinajstić information content (AvgIpc) is 2.63. The topological polar surface area (TPSA) is 35.6 Å². The van der Waals surface area contributed by atoms with E-state index in [1.54, 1.807) is 12.1 Å². The Morgan fingerprint density at radius 2 is 1.62 bits per heavy atom. The first-order valence-electron chi connectivity index (χ1n) is 8.30. The highest BCUT2D eigenvalue weighted by molar-refractivity contribution is 5.77. The summed E-state index contributed by atoms with van der Waals surface area (Å²) in [6, 6.07) is 16.7. The summed E-state index contributed by atoms with van der Waals surface area (Å²) in [4.78, 5) is 16.2. The number of nitrogens with zero attached hydrogens (tertiary/aromatic N) is 2. The third-order valence-corrected chi connectivity index (χ3v) is 4.27. The Balaban J connectivity index is 1.44. The van der Waals surface area contributed by atoms with Crippen LogP contribution in [0.25, 0.3) is 0 Å². The van der Waals surface area contributed by atoms with Gasteiger partial charge in [-0.1, -0.05) is 30.3 Å². The van der Waals surface area contributed by atoms with E-state index in [9.17, 15) is 9.18 Å². The van der Waals surface area contributed by atoms with E-state index in [1.165, 1.54) is 6.07 Å². The Morgan fingerprint density at radius 3 is 2.33 bits per heavy atom. The first kappa shape index (κ1) is 16.3. The van der Waals surface area contributed by atoms with Crippen LogP contribution in [0.4, 0.5) is 15.8 Å². The van der Waals surface area contributed by atoms with Gasteiger partial charge < -0.3 is 15.1 Å². The van der Waals surface area contributed by atoms with E-state index >= 15 is 0 Å². The highest BCUT2D eigenvalue weighted by Gasteiger charge is 2.22. The molecule has 0 aliphatic carbocycles. The molecule has 24 heavy (non-hydrogen) atoms. The number of rotatable bonds is 5. The molecule has 1 amide bonds. The summed E-state index contributed by atoms with van der Waals surface area (Å²) in [5.74, 6) is -0.0593. The summed E-state index contributed by atoms with van der Waals surface area (Å²) in [6.45, 7) is 3.23. The van der Waals surface area contributed by atoms with Gasteiger partial charge in [0.05, 0.1) is 5.69 Å². The number of carbonyl (C=O) groups is 1. The van der Waals surface area contributed by atoms with Gasteiger partial charge in [0, 0.05) is 44.8 Å². The molecule has 0 radical (unpaired) electrons. The monoisotopic (exact) mass is 327 g/mol. The van der Waals surface area contributed by atoms with Crippen LogP contribution < -0.4 is 10.2 Å². The summed E-state index contributed by atoms with van der Waals surface area (Å²) < 4.78 is 13.8. The minimum atomic E-state index is -0.204. The van der Waals surface area contributed by atoms with Crippen molar-refractivity contribution in [2.45, 2.75) is 6.42 Å². The van der Waals surface area contributed by atoms with Crippen LogP contribution in [0.2, 0.25) is 0 Å². The van der Waals surface area contributed by atoms with E-state index < -0.39 is 0 Å². The zero-order chi connectivity index (χ0) is 16.8. The summed E-state index contributed by atoms with van der Waals surface area (Å²) in [7, 11) is 0. The summed E-state index contributed by atoms with van der Waals surface area (Å²) >= 11 is 0. The fourth-order valence-corrected chi connectivity index (χ4v) is 2.93. The minimum Gasteiger partial charge on any atom is -0.385 e. The quantitative estimate of drug-likeness (QED) is 0.917. The van der Waals surface area contributed by atoms with Crippen LogP contribution in [-0.4, -0.2) is 43.5 Å². The second-order valence-corrected chi connectivity index (χ2v) is 5.86. The van der Waals surface area contributed by atoms with Gasteiger partial charge in [-0.3, -0.25) is 4.79 Å². The number of benzene rings is 2. The molecule has 0 spiro atoms. The zero-order valence-corrected chi connectivity index (χ0v) is 13.6. The molecular formula is C19H22FN3O. The Bertz CT molecular complexity index is 669. The smallest absolute Gasteiger partial charge is 0.224 e. The lowest BCUT2D eigenvalue weighted by Gasteiger charge is -2.36. The number of amides is 1. The molecule has 0 atom stereocenters. The van der Waals surface area contributed by atoms with E-state index in [-0.39, 0.29) is 11.7 Å². The van der Waals surface area contributed by atoms with Gasteiger partial charge in [-0.2, -0.15) is 0 Å². The molecule has 3 rings (SSSR count). The van der Waals surface area contributed by atoms with Crippen molar-refractivity contribution in [3.05, 3.63) is 60.4 Å². The average molecular weight is 327 g/mol. The van der Waals surface area contributed by atoms with Gasteiger partial charge in [0.2, 0.25) is 5.91 Å². The Labute approximate surface area is 141 Å². The number of para-hydroxylation sites is 2. The highest BCUT2D eigenvalue weighted by Crippen LogP contribution is 2.20. The van der Waals surface area contributed by atoms with Crippen LogP contribution in [0.15, 0.2) is 54.6 Å². The molecule has 0 aromatic heterocycles. The van der Waals surface area contributed by atoms with Crippen molar-refractivity contribution in [2.24, 2.45) is 0 Å². The maximum atomic E-state index is 13.8. The molecule has 0 bridgehead atoms. The summed E-state index contributed by atoms with van der Waals surface area (Å²) in [5.41, 5.74) is 1.64. The van der Waals surface area contributed by atoms with Crippen LogP contribution in [-0.2, 0) is 4.79 Å². The lowest BCUT2D eigenvalue weighted by molar-refractivity contribution is -0.131. The third kappa shape index (κ3) is 4.04. The van der Waals surface area contributed by atoms with Crippen molar-refractivity contribution in [1.82, 2.24) is 4.90 Å². The predicted molar refractivity (Wildman–Crippen MR) is 94.7 cm³/mol. The first-order valence-corrected chi connectivity index (χ1v) is 8.30. The fourth-order valence-electron chi connectivity index (χ4n) is 2.93. The lowest BCUT2D eigenvalue weighted by Crippen LogP contribution is -2.49. The van der Waals surface area contributed by atoms with Crippen molar-refractivity contribution in [3.8, 4) is 0 Å². The molecule has 1 fully saturated rings. The number of hydrogen-bond acceptors (Lipinski definition) is 3. The van der Waals surface area contributed by atoms with Crippen molar-refractivity contribution >= 4 is 17.3 Å². The van der Waals surface area contributed by atoms with Gasteiger partial charge >= 0.3 is 0 Å². The number of hydrogen-bond donors (Lipinski definition) is 1. The number of nitrogens with one attached hydrogen (secondary N) is 1. The SMILES string of the molecule is O=C(CCNc1ccccc1)N1CCN(c2ccccc2F)CC1. The number of anilines is 2. The van der Waals surface area contributed by atoms with Crippen LogP contribution in [0.5, 0.6) is 0 Å². The van der Waals surface area contributed by atoms with E-state index in [0.29, 0.717) is 44.8 Å². The maximum absolute atomic E-state index is 13.8. The summed E-state index contributed by atoms with van der Waals surface area (Å²) in [6.07, 6.45) is 0.467. The Hall–Kier alpha value is -2.56. The molecule has 1 saturated heterocycles. The van der Waals surface area contributed by atoms with Gasteiger partial charge in [0.1, 0.15) is 5.82 Å². The molecule has 4 nitrogen and oxygen atoms in total. The van der Waals surface area contributed by atoms with Crippen LogP contribution in [0.1, 0.15) is 6.42 Å². The van der Waals surface area contributed by atoms with E-state index in [1.807, 2.05) is 46.2 Å². The van der Waals surface area contributed by atoms with Gasteiger partial charge in [0.15, 0.2) is 0 Å². The van der Waals surface area contributed by atoms with Crippen molar-refractivity contribution < 1.29 is 9.18 Å². The summed E-state index contributed by atoms with van der Waals surface area (Å²) in [5, 5.41) is 3.25. The van der Waals surface area contributed by atoms with Gasteiger partial charge in [-0.25, -0.2) is 4.39 Å². The molecule has 126 valence electrons. The number of carbonyl (C=O) groups excluding carboxylic acids is 1. The molecule has 1 aliphatic rings. The first-order chi connectivity index (χ1) is 11.7. The van der Waals surface area contributed by atoms with Gasteiger partial charge in [-0.05, 0) is 24.3 Å². The molecule has 0 saturated carbocycles. The second kappa shape index (κ2) is 7.81. The molecular weight excluding hydrogens is 305 g/mol. The molecule has 1 aliphatic heterocycles. The normalized spacial score (nSPS) is 14.5. The van der Waals surface area contributed by atoms with Crippen LogP contribution in [0, 0.1) is 5.82 Å². The van der Waals surface area contributed by atoms with E-state index in [0.717, 1.165) is 5.69 Å². The minimum absolute atomic E-state index is 0.145. The van der Waals surface area contributed by atoms with E-state index in [2.05, 4.69) is 5.32 Å². The lowest BCUT2D eigenvalue weighted by atomic mass is 10.2. The van der Waals surface area contributed by atoms with Gasteiger partial charge in [-0.15, -0.1) is 0 Å². The Morgan fingerprint density at radius 1 is 0.958 bits per heavy atom. The number of halogens is 1. The van der Waals surface area contributed by atoms with Crippen molar-refractivity contribution in [1.29, 1.82) is 0 Å². The van der Waals surface area contributed by atoms with E-state index in [4.69, 9.17) is 0 Å².